The SMILES string of the molecule is CC(C)Oc1cc(C(F)F)ncc1NC(=O)Nc1ccccc1C(C)C. The first-order valence-electron chi connectivity index (χ1n) is 8.39. The number of urea groups is 1. The van der Waals surface area contributed by atoms with Gasteiger partial charge in [-0.25, -0.2) is 13.6 Å². The fourth-order valence-electron chi connectivity index (χ4n) is 2.41. The summed E-state index contributed by atoms with van der Waals surface area (Å²) in [4.78, 5) is 16.0. The summed E-state index contributed by atoms with van der Waals surface area (Å²) in [5, 5.41) is 5.39. The molecule has 0 saturated carbocycles. The Balaban J connectivity index is 2.21. The minimum Gasteiger partial charge on any atom is -0.489 e. The number of nitrogens with one attached hydrogen (secondary N) is 2. The molecule has 0 aliphatic heterocycles. The Bertz CT molecular complexity index is 764. The average molecular weight is 363 g/mol. The number of para-hydroxylation sites is 1. The quantitative estimate of drug-likeness (QED) is 0.705. The third-order valence-electron chi connectivity index (χ3n) is 3.55. The normalized spacial score (nSPS) is 11.1. The second-order valence-corrected chi connectivity index (χ2v) is 6.39. The molecular weight excluding hydrogens is 340 g/mol. The highest BCUT2D eigenvalue weighted by Gasteiger charge is 2.16. The van der Waals surface area contributed by atoms with E-state index in [9.17, 15) is 13.6 Å². The molecule has 0 fully saturated rings. The minimum atomic E-state index is -2.72. The van der Waals surface area contributed by atoms with Gasteiger partial charge < -0.3 is 15.4 Å². The predicted octanol–water partition coefficient (Wildman–Crippen LogP) is 5.57. The molecule has 1 aromatic heterocycles. The molecule has 0 bridgehead atoms. The van der Waals surface area contributed by atoms with Gasteiger partial charge in [0.2, 0.25) is 0 Å². The molecule has 0 unspecified atom stereocenters. The molecule has 0 radical (unpaired) electrons. The molecule has 0 saturated heterocycles. The molecule has 0 atom stereocenters. The summed E-state index contributed by atoms with van der Waals surface area (Å²) in [6.45, 7) is 7.59. The average Bonchev–Trinajstić information content (AvgIpc) is 2.56. The van der Waals surface area contributed by atoms with Crippen molar-refractivity contribution in [1.82, 2.24) is 4.98 Å². The zero-order valence-corrected chi connectivity index (χ0v) is 15.2. The van der Waals surface area contributed by atoms with Gasteiger partial charge in [0.25, 0.3) is 6.43 Å². The Morgan fingerprint density at radius 2 is 1.73 bits per heavy atom. The van der Waals surface area contributed by atoms with E-state index >= 15 is 0 Å². The number of benzene rings is 1. The van der Waals surface area contributed by atoms with Crippen LogP contribution in [0.1, 0.15) is 51.3 Å². The van der Waals surface area contributed by atoms with Gasteiger partial charge in [0.05, 0.1) is 12.3 Å². The van der Waals surface area contributed by atoms with E-state index < -0.39 is 18.2 Å². The van der Waals surface area contributed by atoms with Crippen LogP contribution in [0.5, 0.6) is 5.75 Å². The van der Waals surface area contributed by atoms with Crippen molar-refractivity contribution in [3.8, 4) is 5.75 Å². The molecule has 5 nitrogen and oxygen atoms in total. The van der Waals surface area contributed by atoms with Gasteiger partial charge in [-0.2, -0.15) is 0 Å². The van der Waals surface area contributed by atoms with Crippen molar-refractivity contribution in [3.05, 3.63) is 47.8 Å². The van der Waals surface area contributed by atoms with Gasteiger partial charge in [-0.3, -0.25) is 4.98 Å². The van der Waals surface area contributed by atoms with E-state index in [2.05, 4.69) is 15.6 Å². The van der Waals surface area contributed by atoms with Crippen LogP contribution < -0.4 is 15.4 Å². The number of ether oxygens (including phenoxy) is 1. The number of alkyl halides is 2. The Hall–Kier alpha value is -2.70. The molecule has 1 aromatic carbocycles. The summed E-state index contributed by atoms with van der Waals surface area (Å²) in [5.41, 5.74) is 1.50. The molecule has 2 amide bonds. The second kappa shape index (κ2) is 8.60. The highest BCUT2D eigenvalue weighted by atomic mass is 19.3. The number of nitrogens with zero attached hydrogens (tertiary/aromatic N) is 1. The smallest absolute Gasteiger partial charge is 0.323 e. The lowest BCUT2D eigenvalue weighted by molar-refractivity contribution is 0.145. The minimum absolute atomic E-state index is 0.151. The van der Waals surface area contributed by atoms with Crippen molar-refractivity contribution in [2.45, 2.75) is 46.1 Å². The zero-order valence-electron chi connectivity index (χ0n) is 15.2. The van der Waals surface area contributed by atoms with E-state index in [0.29, 0.717) is 5.69 Å². The van der Waals surface area contributed by atoms with Crippen molar-refractivity contribution >= 4 is 17.4 Å². The fourth-order valence-corrected chi connectivity index (χ4v) is 2.41. The van der Waals surface area contributed by atoms with E-state index in [0.717, 1.165) is 11.6 Å². The van der Waals surface area contributed by atoms with E-state index in [1.54, 1.807) is 19.9 Å². The fraction of sp³-hybridized carbons (Fsp3) is 0.368. The highest BCUT2D eigenvalue weighted by molar-refractivity contribution is 6.01. The van der Waals surface area contributed by atoms with Crippen LogP contribution in [-0.2, 0) is 0 Å². The van der Waals surface area contributed by atoms with E-state index in [-0.39, 0.29) is 23.5 Å². The van der Waals surface area contributed by atoms with Crippen molar-refractivity contribution in [2.75, 3.05) is 10.6 Å². The number of aromatic nitrogens is 1. The van der Waals surface area contributed by atoms with Gasteiger partial charge in [0.1, 0.15) is 17.1 Å². The third kappa shape index (κ3) is 5.15. The molecule has 1 heterocycles. The molecule has 0 spiro atoms. The Morgan fingerprint density at radius 1 is 1.08 bits per heavy atom. The molecule has 2 rings (SSSR count). The van der Waals surface area contributed by atoms with Gasteiger partial charge in [0, 0.05) is 11.8 Å². The number of carbonyl (C=O) groups excluding carboxylic acids is 1. The largest absolute Gasteiger partial charge is 0.489 e. The van der Waals surface area contributed by atoms with Crippen LogP contribution in [0.3, 0.4) is 0 Å². The van der Waals surface area contributed by atoms with Crippen LogP contribution in [0.25, 0.3) is 0 Å². The molecule has 0 aliphatic rings. The maximum atomic E-state index is 12.9. The van der Waals surface area contributed by atoms with Gasteiger partial charge in [-0.15, -0.1) is 0 Å². The monoisotopic (exact) mass is 363 g/mol. The Labute approximate surface area is 151 Å². The molecule has 7 heteroatoms. The van der Waals surface area contributed by atoms with Gasteiger partial charge >= 0.3 is 6.03 Å². The first-order chi connectivity index (χ1) is 12.3. The number of hydrogen-bond acceptors (Lipinski definition) is 3. The van der Waals surface area contributed by atoms with Crippen LogP contribution in [0.15, 0.2) is 36.5 Å². The lowest BCUT2D eigenvalue weighted by Gasteiger charge is -2.17. The summed E-state index contributed by atoms with van der Waals surface area (Å²) in [7, 11) is 0. The van der Waals surface area contributed by atoms with E-state index in [1.165, 1.54) is 6.20 Å². The number of pyridine rings is 1. The molecule has 2 aromatic rings. The molecule has 140 valence electrons. The number of anilines is 2. The second-order valence-electron chi connectivity index (χ2n) is 6.39. The number of amides is 2. The van der Waals surface area contributed by atoms with Gasteiger partial charge in [-0.1, -0.05) is 32.0 Å². The van der Waals surface area contributed by atoms with E-state index in [4.69, 9.17) is 4.74 Å². The molecule has 0 aliphatic carbocycles. The summed E-state index contributed by atoms with van der Waals surface area (Å²) >= 11 is 0. The van der Waals surface area contributed by atoms with Crippen LogP contribution in [0, 0.1) is 0 Å². The molecule has 2 N–H and O–H groups in total. The summed E-state index contributed by atoms with van der Waals surface area (Å²) in [6, 6.07) is 8.11. The number of rotatable bonds is 6. The van der Waals surface area contributed by atoms with Crippen LogP contribution in [-0.4, -0.2) is 17.1 Å². The first kappa shape index (κ1) is 19.6. The molecular formula is C19H23F2N3O2. The van der Waals surface area contributed by atoms with Crippen molar-refractivity contribution in [2.24, 2.45) is 0 Å². The zero-order chi connectivity index (χ0) is 19.3. The predicted molar refractivity (Wildman–Crippen MR) is 98.1 cm³/mol. The van der Waals surface area contributed by atoms with Crippen LogP contribution >= 0.6 is 0 Å². The van der Waals surface area contributed by atoms with Gasteiger partial charge in [-0.05, 0) is 31.4 Å². The standard InChI is InChI=1S/C19H23F2N3O2/c1-11(2)13-7-5-6-8-14(13)23-19(25)24-16-10-22-15(18(20)21)9-17(16)26-12(3)4/h5-12,18H,1-4H3,(H2,23,24,25). The lowest BCUT2D eigenvalue weighted by Crippen LogP contribution is -2.21. The topological polar surface area (TPSA) is 63.2 Å². The number of hydrogen-bond donors (Lipinski definition) is 2. The summed E-state index contributed by atoms with van der Waals surface area (Å²) in [5.74, 6) is 0.385. The van der Waals surface area contributed by atoms with Crippen molar-refractivity contribution < 1.29 is 18.3 Å². The van der Waals surface area contributed by atoms with Crippen molar-refractivity contribution in [3.63, 3.8) is 0 Å². The first-order valence-corrected chi connectivity index (χ1v) is 8.39. The molecule has 26 heavy (non-hydrogen) atoms. The maximum Gasteiger partial charge on any atom is 0.323 e. The number of carbonyl (C=O) groups is 1. The maximum absolute atomic E-state index is 12.9. The van der Waals surface area contributed by atoms with Crippen LogP contribution in [0.2, 0.25) is 0 Å². The summed E-state index contributed by atoms with van der Waals surface area (Å²) in [6.07, 6.45) is -1.79. The lowest BCUT2D eigenvalue weighted by atomic mass is 10.0. The highest BCUT2D eigenvalue weighted by Crippen LogP contribution is 2.30. The van der Waals surface area contributed by atoms with Gasteiger partial charge in [0.15, 0.2) is 0 Å². The Morgan fingerprint density at radius 3 is 2.35 bits per heavy atom. The van der Waals surface area contributed by atoms with E-state index in [1.807, 2.05) is 32.0 Å². The Kier molecular flexibility index (Phi) is 6.49. The van der Waals surface area contributed by atoms with Crippen molar-refractivity contribution in [1.29, 1.82) is 0 Å². The summed E-state index contributed by atoms with van der Waals surface area (Å²) < 4.78 is 31.3. The third-order valence-corrected chi connectivity index (χ3v) is 3.55. The number of halogens is 2. The van der Waals surface area contributed by atoms with Crippen LogP contribution in [0.4, 0.5) is 25.0 Å².